The molecule has 1 amide bonds. The molecule has 1 heterocycles. The SMILES string of the molecule is Cc1ccc(C(=O)Nc2sc3c(c2C#N)C[C@H](C)CC3)cc1C. The van der Waals surface area contributed by atoms with E-state index < -0.39 is 0 Å². The highest BCUT2D eigenvalue weighted by Gasteiger charge is 2.25. The number of nitriles is 1. The molecule has 3 rings (SSSR count). The van der Waals surface area contributed by atoms with E-state index in [1.807, 2.05) is 32.0 Å². The zero-order chi connectivity index (χ0) is 16.6. The summed E-state index contributed by atoms with van der Waals surface area (Å²) in [5.41, 5.74) is 4.70. The molecule has 1 atom stereocenters. The average Bonchev–Trinajstić information content (AvgIpc) is 2.86. The fourth-order valence-electron chi connectivity index (χ4n) is 3.02. The van der Waals surface area contributed by atoms with Crippen molar-refractivity contribution < 1.29 is 4.79 Å². The van der Waals surface area contributed by atoms with E-state index in [4.69, 9.17) is 0 Å². The van der Waals surface area contributed by atoms with Crippen LogP contribution in [0.2, 0.25) is 0 Å². The molecule has 3 nitrogen and oxygen atoms in total. The summed E-state index contributed by atoms with van der Waals surface area (Å²) in [4.78, 5) is 13.8. The summed E-state index contributed by atoms with van der Waals surface area (Å²) in [5.74, 6) is 0.462. The molecule has 0 bridgehead atoms. The van der Waals surface area contributed by atoms with Crippen LogP contribution >= 0.6 is 11.3 Å². The molecule has 1 aromatic carbocycles. The van der Waals surface area contributed by atoms with Crippen molar-refractivity contribution in [1.29, 1.82) is 5.26 Å². The van der Waals surface area contributed by atoms with Crippen molar-refractivity contribution in [2.75, 3.05) is 5.32 Å². The van der Waals surface area contributed by atoms with E-state index in [9.17, 15) is 10.1 Å². The first-order chi connectivity index (χ1) is 11.0. The minimum absolute atomic E-state index is 0.142. The number of carbonyl (C=O) groups is 1. The van der Waals surface area contributed by atoms with Crippen molar-refractivity contribution in [3.05, 3.63) is 50.9 Å². The van der Waals surface area contributed by atoms with Gasteiger partial charge in [-0.15, -0.1) is 11.3 Å². The summed E-state index contributed by atoms with van der Waals surface area (Å²) in [5, 5.41) is 13.2. The van der Waals surface area contributed by atoms with Crippen LogP contribution < -0.4 is 5.32 Å². The Hall–Kier alpha value is -2.12. The number of hydrogen-bond acceptors (Lipinski definition) is 3. The quantitative estimate of drug-likeness (QED) is 0.876. The molecule has 1 N–H and O–H groups in total. The van der Waals surface area contributed by atoms with E-state index in [1.54, 1.807) is 11.3 Å². The number of thiophene rings is 1. The van der Waals surface area contributed by atoms with E-state index >= 15 is 0 Å². The zero-order valence-corrected chi connectivity index (χ0v) is 14.5. The Labute approximate surface area is 141 Å². The number of aryl methyl sites for hydroxylation is 3. The second kappa shape index (κ2) is 6.17. The van der Waals surface area contributed by atoms with E-state index in [0.717, 1.165) is 30.4 Å². The van der Waals surface area contributed by atoms with Gasteiger partial charge in [0.1, 0.15) is 11.1 Å². The summed E-state index contributed by atoms with van der Waals surface area (Å²) in [6.45, 7) is 6.24. The Morgan fingerprint density at radius 3 is 2.83 bits per heavy atom. The van der Waals surface area contributed by atoms with Crippen LogP contribution in [0.15, 0.2) is 18.2 Å². The Kier molecular flexibility index (Phi) is 4.23. The average molecular weight is 324 g/mol. The Balaban J connectivity index is 1.89. The van der Waals surface area contributed by atoms with Crippen molar-refractivity contribution in [1.82, 2.24) is 0 Å². The van der Waals surface area contributed by atoms with Crippen LogP contribution in [0.25, 0.3) is 0 Å². The molecule has 0 unspecified atom stereocenters. The van der Waals surface area contributed by atoms with Crippen LogP contribution in [0.5, 0.6) is 0 Å². The summed E-state index contributed by atoms with van der Waals surface area (Å²) >= 11 is 1.56. The third kappa shape index (κ3) is 3.02. The van der Waals surface area contributed by atoms with E-state index in [-0.39, 0.29) is 5.91 Å². The molecule has 0 aliphatic heterocycles. The van der Waals surface area contributed by atoms with Gasteiger partial charge in [0.15, 0.2) is 0 Å². The maximum absolute atomic E-state index is 12.5. The minimum Gasteiger partial charge on any atom is -0.312 e. The number of rotatable bonds is 2. The molecule has 4 heteroatoms. The van der Waals surface area contributed by atoms with Crippen LogP contribution in [0.1, 0.15) is 50.8 Å². The number of amides is 1. The normalized spacial score (nSPS) is 16.5. The number of nitrogens with zero attached hydrogens (tertiary/aromatic N) is 1. The van der Waals surface area contributed by atoms with Gasteiger partial charge in [-0.25, -0.2) is 0 Å². The van der Waals surface area contributed by atoms with E-state index in [0.29, 0.717) is 22.0 Å². The largest absolute Gasteiger partial charge is 0.312 e. The number of fused-ring (bicyclic) bond motifs is 1. The number of carbonyl (C=O) groups excluding carboxylic acids is 1. The van der Waals surface area contributed by atoms with Gasteiger partial charge in [-0.1, -0.05) is 13.0 Å². The number of nitrogens with one attached hydrogen (secondary N) is 1. The van der Waals surface area contributed by atoms with Gasteiger partial charge in [0.05, 0.1) is 5.56 Å². The Morgan fingerprint density at radius 2 is 2.13 bits per heavy atom. The summed E-state index contributed by atoms with van der Waals surface area (Å²) in [6.07, 6.45) is 3.10. The van der Waals surface area contributed by atoms with Gasteiger partial charge in [0, 0.05) is 10.4 Å². The van der Waals surface area contributed by atoms with Crippen molar-refractivity contribution in [3.8, 4) is 6.07 Å². The van der Waals surface area contributed by atoms with Gasteiger partial charge in [-0.3, -0.25) is 4.79 Å². The lowest BCUT2D eigenvalue weighted by Crippen LogP contribution is -2.12. The third-order valence-electron chi connectivity index (χ3n) is 4.62. The smallest absolute Gasteiger partial charge is 0.256 e. The second-order valence-electron chi connectivity index (χ2n) is 6.42. The molecule has 1 aliphatic carbocycles. The maximum Gasteiger partial charge on any atom is 0.256 e. The number of hydrogen-bond donors (Lipinski definition) is 1. The van der Waals surface area contributed by atoms with Gasteiger partial charge in [-0.05, 0) is 67.9 Å². The molecule has 1 aromatic heterocycles. The molecule has 0 saturated carbocycles. The molecule has 0 radical (unpaired) electrons. The topological polar surface area (TPSA) is 52.9 Å². The lowest BCUT2D eigenvalue weighted by atomic mass is 9.88. The Bertz CT molecular complexity index is 814. The first-order valence-electron chi connectivity index (χ1n) is 7.92. The second-order valence-corrected chi connectivity index (χ2v) is 7.53. The van der Waals surface area contributed by atoms with Crippen molar-refractivity contribution in [2.24, 2.45) is 5.92 Å². The zero-order valence-electron chi connectivity index (χ0n) is 13.7. The molecule has 2 aromatic rings. The molecular weight excluding hydrogens is 304 g/mol. The standard InChI is InChI=1S/C19H20N2OS/c1-11-4-7-17-15(8-11)16(10-20)19(23-17)21-18(22)14-6-5-12(2)13(3)9-14/h5-6,9,11H,4,7-8H2,1-3H3,(H,21,22)/t11-/m1/s1. The highest BCUT2D eigenvalue weighted by Crippen LogP contribution is 2.39. The number of anilines is 1. The molecule has 1 aliphatic rings. The van der Waals surface area contributed by atoms with E-state index in [2.05, 4.69) is 18.3 Å². The highest BCUT2D eigenvalue weighted by atomic mass is 32.1. The predicted molar refractivity (Wildman–Crippen MR) is 94.1 cm³/mol. The summed E-state index contributed by atoms with van der Waals surface area (Å²) in [6, 6.07) is 7.98. The molecular formula is C19H20N2OS. The highest BCUT2D eigenvalue weighted by molar-refractivity contribution is 7.16. The first kappa shape index (κ1) is 15.8. The van der Waals surface area contributed by atoms with Gasteiger partial charge >= 0.3 is 0 Å². The van der Waals surface area contributed by atoms with Crippen molar-refractivity contribution >= 4 is 22.2 Å². The van der Waals surface area contributed by atoms with Gasteiger partial charge in [-0.2, -0.15) is 5.26 Å². The lowest BCUT2D eigenvalue weighted by Gasteiger charge is -2.17. The minimum atomic E-state index is -0.142. The maximum atomic E-state index is 12.5. The van der Waals surface area contributed by atoms with Gasteiger partial charge < -0.3 is 5.32 Å². The van der Waals surface area contributed by atoms with Crippen LogP contribution in [0.4, 0.5) is 5.00 Å². The molecule has 118 valence electrons. The first-order valence-corrected chi connectivity index (χ1v) is 8.74. The van der Waals surface area contributed by atoms with Crippen LogP contribution in [-0.4, -0.2) is 5.91 Å². The van der Waals surface area contributed by atoms with Crippen LogP contribution in [0.3, 0.4) is 0 Å². The molecule has 0 saturated heterocycles. The van der Waals surface area contributed by atoms with Crippen LogP contribution in [-0.2, 0) is 12.8 Å². The number of benzene rings is 1. The van der Waals surface area contributed by atoms with Crippen molar-refractivity contribution in [3.63, 3.8) is 0 Å². The third-order valence-corrected chi connectivity index (χ3v) is 5.82. The van der Waals surface area contributed by atoms with Gasteiger partial charge in [0.25, 0.3) is 5.91 Å². The molecule has 23 heavy (non-hydrogen) atoms. The summed E-state index contributed by atoms with van der Waals surface area (Å²) in [7, 11) is 0. The predicted octanol–water partition coefficient (Wildman–Crippen LogP) is 4.61. The van der Waals surface area contributed by atoms with Crippen LogP contribution in [0, 0.1) is 31.1 Å². The lowest BCUT2D eigenvalue weighted by molar-refractivity contribution is 0.102. The summed E-state index contributed by atoms with van der Waals surface area (Å²) < 4.78 is 0. The molecule has 0 fully saturated rings. The van der Waals surface area contributed by atoms with E-state index in [1.165, 1.54) is 10.4 Å². The fraction of sp³-hybridized carbons (Fsp3) is 0.368. The fourth-order valence-corrected chi connectivity index (χ4v) is 4.21. The van der Waals surface area contributed by atoms with Crippen molar-refractivity contribution in [2.45, 2.75) is 40.0 Å². The van der Waals surface area contributed by atoms with Gasteiger partial charge in [0.2, 0.25) is 0 Å². The monoisotopic (exact) mass is 324 g/mol. The molecule has 0 spiro atoms. The Morgan fingerprint density at radius 1 is 1.35 bits per heavy atom.